The summed E-state index contributed by atoms with van der Waals surface area (Å²) in [6.07, 6.45) is 1.36. The van der Waals surface area contributed by atoms with Crippen molar-refractivity contribution in [2.45, 2.75) is 90.5 Å². The second-order valence-electron chi connectivity index (χ2n) is 13.5. The van der Waals surface area contributed by atoms with Gasteiger partial charge in [0.15, 0.2) is 0 Å². The average molecular weight is 618 g/mol. The number of hydrogen-bond acceptors (Lipinski definition) is 7. The van der Waals surface area contributed by atoms with Crippen LogP contribution in [0.1, 0.15) is 76.1 Å². The predicted octanol–water partition coefficient (Wildman–Crippen LogP) is 5.49. The lowest BCUT2D eigenvalue weighted by atomic mass is 10.0. The first-order valence-electron chi connectivity index (χ1n) is 15.0. The molecule has 10 nitrogen and oxygen atoms in total. The standard InChI is InChI=1S/C35H43N3O7/c1-22-17-18-38(21-24-11-15-26(43-8)16-12-24)30(40)29(22)36-31(41)35(37-32(42)45-34(5,6)7)20-27(35)25-13-9-23(10-14-25)19-28(39)44-33(2,3)4/h9-18,27H,19-21H2,1-8H3,(H,36,41)(H,37,42)/t27-,35?/m1/s1. The molecule has 2 amide bonds. The number of nitrogens with zero attached hydrogens (tertiary/aromatic N) is 1. The van der Waals surface area contributed by atoms with Crippen LogP contribution in [-0.4, -0.2) is 46.4 Å². The van der Waals surface area contributed by atoms with E-state index in [1.54, 1.807) is 47.1 Å². The van der Waals surface area contributed by atoms with E-state index >= 15 is 0 Å². The lowest BCUT2D eigenvalue weighted by Gasteiger charge is -2.24. The summed E-state index contributed by atoms with van der Waals surface area (Å²) < 4.78 is 17.7. The highest BCUT2D eigenvalue weighted by atomic mass is 16.6. The van der Waals surface area contributed by atoms with Crippen molar-refractivity contribution in [3.63, 3.8) is 0 Å². The summed E-state index contributed by atoms with van der Waals surface area (Å²) in [4.78, 5) is 52.7. The molecule has 1 aliphatic carbocycles. The van der Waals surface area contributed by atoms with Crippen molar-refractivity contribution in [2.75, 3.05) is 12.4 Å². The molecule has 1 aliphatic rings. The average Bonchev–Trinajstić information content (AvgIpc) is 3.66. The van der Waals surface area contributed by atoms with Crippen LogP contribution in [0.2, 0.25) is 0 Å². The fourth-order valence-corrected chi connectivity index (χ4v) is 5.10. The third-order valence-electron chi connectivity index (χ3n) is 7.36. The zero-order valence-electron chi connectivity index (χ0n) is 27.3. The van der Waals surface area contributed by atoms with Gasteiger partial charge in [-0.05, 0) is 95.3 Å². The van der Waals surface area contributed by atoms with Crippen LogP contribution in [0, 0.1) is 6.92 Å². The van der Waals surface area contributed by atoms with Crippen molar-refractivity contribution in [3.8, 4) is 5.75 Å². The Kier molecular flexibility index (Phi) is 9.46. The quantitative estimate of drug-likeness (QED) is 0.304. The van der Waals surface area contributed by atoms with Crippen LogP contribution in [0.4, 0.5) is 10.5 Å². The first-order valence-corrected chi connectivity index (χ1v) is 15.0. The number of alkyl carbamates (subject to hydrolysis) is 1. The maximum atomic E-state index is 14.0. The van der Waals surface area contributed by atoms with E-state index < -0.39 is 28.7 Å². The molecule has 0 bridgehead atoms. The number of rotatable bonds is 9. The Morgan fingerprint density at radius 1 is 0.889 bits per heavy atom. The number of ether oxygens (including phenoxy) is 3. The minimum atomic E-state index is -1.34. The van der Waals surface area contributed by atoms with E-state index in [4.69, 9.17) is 14.2 Å². The van der Waals surface area contributed by atoms with Crippen molar-refractivity contribution in [1.29, 1.82) is 0 Å². The number of carbonyl (C=O) groups excluding carboxylic acids is 3. The zero-order chi connectivity index (χ0) is 33.2. The SMILES string of the molecule is COc1ccc(Cn2ccc(C)c(NC(=O)C3(NC(=O)OC(C)(C)C)C[C@@H]3c3ccc(CC(=O)OC(C)(C)C)cc3)c2=O)cc1. The molecule has 1 fully saturated rings. The highest BCUT2D eigenvalue weighted by Gasteiger charge is 2.62. The van der Waals surface area contributed by atoms with Crippen molar-refractivity contribution in [2.24, 2.45) is 0 Å². The van der Waals surface area contributed by atoms with Gasteiger partial charge in [0, 0.05) is 12.1 Å². The maximum Gasteiger partial charge on any atom is 0.408 e. The number of benzene rings is 2. The second kappa shape index (κ2) is 12.8. The summed E-state index contributed by atoms with van der Waals surface area (Å²) in [5, 5.41) is 5.63. The molecule has 4 rings (SSSR count). The Bertz CT molecular complexity index is 1610. The number of esters is 1. The highest BCUT2D eigenvalue weighted by Crippen LogP contribution is 2.52. The Hall–Kier alpha value is -4.60. The molecule has 2 aromatic carbocycles. The van der Waals surface area contributed by atoms with Crippen molar-refractivity contribution >= 4 is 23.7 Å². The number of pyridine rings is 1. The molecule has 1 aromatic heterocycles. The summed E-state index contributed by atoms with van der Waals surface area (Å²) in [5.41, 5.74) is 0.119. The third-order valence-corrected chi connectivity index (χ3v) is 7.36. The number of aryl methyl sites for hydroxylation is 1. The number of carbonyl (C=O) groups is 3. The molecular weight excluding hydrogens is 574 g/mol. The van der Waals surface area contributed by atoms with E-state index in [2.05, 4.69) is 10.6 Å². The largest absolute Gasteiger partial charge is 0.497 e. The van der Waals surface area contributed by atoms with Gasteiger partial charge in [-0.25, -0.2) is 4.79 Å². The van der Waals surface area contributed by atoms with E-state index in [0.717, 1.165) is 16.7 Å². The van der Waals surface area contributed by atoms with E-state index in [1.165, 1.54) is 4.57 Å². The Labute approximate surface area is 264 Å². The second-order valence-corrected chi connectivity index (χ2v) is 13.5. The Balaban J connectivity index is 1.57. The molecule has 1 heterocycles. The van der Waals surface area contributed by atoms with Gasteiger partial charge in [-0.2, -0.15) is 0 Å². The highest BCUT2D eigenvalue weighted by molar-refractivity contribution is 6.04. The number of methoxy groups -OCH3 is 1. The van der Waals surface area contributed by atoms with Crippen LogP contribution in [0.5, 0.6) is 5.75 Å². The lowest BCUT2D eigenvalue weighted by molar-refractivity contribution is -0.153. The number of nitrogens with one attached hydrogen (secondary N) is 2. The normalized spacial score (nSPS) is 17.6. The summed E-state index contributed by atoms with van der Waals surface area (Å²) in [6, 6.07) is 16.5. The molecule has 45 heavy (non-hydrogen) atoms. The molecule has 0 saturated heterocycles. The minimum Gasteiger partial charge on any atom is -0.497 e. The van der Waals surface area contributed by atoms with Gasteiger partial charge in [0.1, 0.15) is 28.2 Å². The van der Waals surface area contributed by atoms with Crippen molar-refractivity contribution in [3.05, 3.63) is 93.4 Å². The van der Waals surface area contributed by atoms with Crippen molar-refractivity contribution < 1.29 is 28.6 Å². The van der Waals surface area contributed by atoms with Crippen molar-refractivity contribution in [1.82, 2.24) is 9.88 Å². The zero-order valence-corrected chi connectivity index (χ0v) is 27.3. The van der Waals surface area contributed by atoms with E-state index in [-0.39, 0.29) is 29.6 Å². The summed E-state index contributed by atoms with van der Waals surface area (Å²) in [6.45, 7) is 12.7. The van der Waals surface area contributed by atoms with Gasteiger partial charge in [0.05, 0.1) is 20.1 Å². The van der Waals surface area contributed by atoms with Gasteiger partial charge in [-0.15, -0.1) is 0 Å². The van der Waals surface area contributed by atoms with E-state index in [0.29, 0.717) is 24.3 Å². The van der Waals surface area contributed by atoms with Gasteiger partial charge in [0.25, 0.3) is 11.5 Å². The topological polar surface area (TPSA) is 125 Å². The molecule has 10 heteroatoms. The molecule has 1 unspecified atom stereocenters. The predicted molar refractivity (Wildman–Crippen MR) is 172 cm³/mol. The molecule has 240 valence electrons. The van der Waals surface area contributed by atoms with Gasteiger partial charge in [-0.1, -0.05) is 36.4 Å². The van der Waals surface area contributed by atoms with Crippen LogP contribution in [0.25, 0.3) is 0 Å². The van der Waals surface area contributed by atoms with E-state index in [1.807, 2.05) is 69.3 Å². The van der Waals surface area contributed by atoms with Gasteiger partial charge in [-0.3, -0.25) is 14.4 Å². The number of amides is 2. The molecule has 0 spiro atoms. The van der Waals surface area contributed by atoms with Gasteiger partial charge in [0.2, 0.25) is 0 Å². The fraction of sp³-hybridized carbons (Fsp3) is 0.429. The van der Waals surface area contributed by atoms with E-state index in [9.17, 15) is 19.2 Å². The first kappa shape index (κ1) is 33.3. The Morgan fingerprint density at radius 3 is 2.07 bits per heavy atom. The summed E-state index contributed by atoms with van der Waals surface area (Å²) in [7, 11) is 1.59. The molecule has 0 aliphatic heterocycles. The number of aromatic nitrogens is 1. The molecule has 1 saturated carbocycles. The van der Waals surface area contributed by atoms with Crippen LogP contribution in [-0.2, 0) is 32.0 Å². The maximum absolute atomic E-state index is 14.0. The lowest BCUT2D eigenvalue weighted by Crippen LogP contribution is -2.49. The Morgan fingerprint density at radius 2 is 1.49 bits per heavy atom. The van der Waals surface area contributed by atoms with Gasteiger partial charge < -0.3 is 29.4 Å². The fourth-order valence-electron chi connectivity index (χ4n) is 5.10. The third kappa shape index (κ3) is 8.53. The molecule has 2 atom stereocenters. The monoisotopic (exact) mass is 617 g/mol. The van der Waals surface area contributed by atoms with Crippen LogP contribution in [0.3, 0.4) is 0 Å². The first-order chi connectivity index (χ1) is 21.0. The minimum absolute atomic E-state index is 0.111. The van der Waals surface area contributed by atoms with Crippen LogP contribution < -0.4 is 20.9 Å². The number of anilines is 1. The van der Waals surface area contributed by atoms with Crippen LogP contribution in [0.15, 0.2) is 65.6 Å². The summed E-state index contributed by atoms with van der Waals surface area (Å²) in [5.74, 6) is -0.523. The summed E-state index contributed by atoms with van der Waals surface area (Å²) >= 11 is 0. The smallest absolute Gasteiger partial charge is 0.408 e. The molecule has 3 aromatic rings. The molecular formula is C35H43N3O7. The van der Waals surface area contributed by atoms with Crippen LogP contribution >= 0.6 is 0 Å². The van der Waals surface area contributed by atoms with Gasteiger partial charge >= 0.3 is 12.1 Å². The molecule has 2 N–H and O–H groups in total. The number of hydrogen-bond donors (Lipinski definition) is 2. The molecule has 0 radical (unpaired) electrons.